The minimum absolute atomic E-state index is 0.249. The second kappa shape index (κ2) is 22.8. The van der Waals surface area contributed by atoms with Gasteiger partial charge in [-0.3, -0.25) is 0 Å². The quantitative estimate of drug-likeness (QED) is 0.169. The molecule has 3 nitrogen and oxygen atoms in total. The van der Waals surface area contributed by atoms with Gasteiger partial charge in [0.15, 0.2) is 0 Å². The third-order valence-electron chi connectivity index (χ3n) is 14.1. The summed E-state index contributed by atoms with van der Waals surface area (Å²) in [6.07, 6.45) is 0. The van der Waals surface area contributed by atoms with E-state index in [4.69, 9.17) is 0 Å². The summed E-state index contributed by atoms with van der Waals surface area (Å²) in [7, 11) is 0. The zero-order chi connectivity index (χ0) is 51.6. The Morgan fingerprint density at radius 2 is 0.689 bits per heavy atom. The molecule has 12 aromatic rings. The van der Waals surface area contributed by atoms with Crippen LogP contribution < -0.4 is 0 Å². The predicted octanol–water partition coefficient (Wildman–Crippen LogP) is 19.2. The van der Waals surface area contributed by atoms with Crippen molar-refractivity contribution in [3.63, 3.8) is 0 Å². The molecule has 0 unspecified atom stereocenters. The minimum atomic E-state index is -0.491. The SMILES string of the molecule is CC.CC(C)c1ccccc1.CC(C)c1ccccc1.Oc1ccc(C2(c3ccc(O)cc3)c3ccccc3-c3ccccc32)cc1.c1ccc2c(c1)cc(-n1c3ccccc3c3ccccc31)c1ccccc12. The highest BCUT2D eigenvalue weighted by molar-refractivity contribution is 6.15. The van der Waals surface area contributed by atoms with E-state index in [0.29, 0.717) is 11.8 Å². The average Bonchev–Trinajstić information content (AvgIpc) is 3.96. The number of phenols is 2. The highest BCUT2D eigenvalue weighted by Crippen LogP contribution is 2.56. The maximum absolute atomic E-state index is 9.85. The van der Waals surface area contributed by atoms with Gasteiger partial charge in [-0.05, 0) is 115 Å². The first kappa shape index (κ1) is 50.3. The molecule has 2 N–H and O–H groups in total. The minimum Gasteiger partial charge on any atom is -0.508 e. The molecule has 0 saturated carbocycles. The normalized spacial score (nSPS) is 11.8. The number of hydrogen-bond donors (Lipinski definition) is 2. The molecule has 0 atom stereocenters. The van der Waals surface area contributed by atoms with Gasteiger partial charge in [-0.25, -0.2) is 0 Å². The number of para-hydroxylation sites is 2. The van der Waals surface area contributed by atoms with Gasteiger partial charge >= 0.3 is 0 Å². The van der Waals surface area contributed by atoms with Gasteiger partial charge in [0.25, 0.3) is 0 Å². The Morgan fingerprint density at radius 3 is 1.12 bits per heavy atom. The van der Waals surface area contributed by atoms with E-state index in [0.717, 1.165) is 11.1 Å². The second-order valence-electron chi connectivity index (χ2n) is 19.1. The molecule has 0 spiro atoms. The van der Waals surface area contributed by atoms with E-state index in [1.54, 1.807) is 24.3 Å². The van der Waals surface area contributed by atoms with E-state index in [1.807, 2.05) is 50.2 Å². The highest BCUT2D eigenvalue weighted by atomic mass is 16.3. The molecular formula is C71H65NO2. The molecule has 1 aliphatic carbocycles. The second-order valence-corrected chi connectivity index (χ2v) is 19.1. The van der Waals surface area contributed by atoms with Crippen molar-refractivity contribution < 1.29 is 10.2 Å². The van der Waals surface area contributed by atoms with Gasteiger partial charge in [0.1, 0.15) is 11.5 Å². The average molecular weight is 964 g/mol. The predicted molar refractivity (Wildman–Crippen MR) is 315 cm³/mol. The van der Waals surface area contributed by atoms with Gasteiger partial charge in [0.05, 0.1) is 22.1 Å². The molecule has 74 heavy (non-hydrogen) atoms. The summed E-state index contributed by atoms with van der Waals surface area (Å²) in [6, 6.07) is 90.0. The molecule has 0 bridgehead atoms. The Balaban J connectivity index is 0.000000134. The van der Waals surface area contributed by atoms with Gasteiger partial charge in [0, 0.05) is 16.2 Å². The number of hydrogen-bond acceptors (Lipinski definition) is 2. The van der Waals surface area contributed by atoms with Crippen LogP contribution in [-0.4, -0.2) is 14.8 Å². The van der Waals surface area contributed by atoms with E-state index >= 15 is 0 Å². The Kier molecular flexibility index (Phi) is 15.5. The lowest BCUT2D eigenvalue weighted by Crippen LogP contribution is -2.28. The molecule has 1 aromatic heterocycles. The zero-order valence-electron chi connectivity index (χ0n) is 43.3. The van der Waals surface area contributed by atoms with Crippen LogP contribution in [0, 0.1) is 0 Å². The van der Waals surface area contributed by atoms with Crippen LogP contribution in [0.2, 0.25) is 0 Å². The van der Waals surface area contributed by atoms with Gasteiger partial charge in [-0.15, -0.1) is 0 Å². The zero-order valence-corrected chi connectivity index (χ0v) is 43.3. The Bertz CT molecular complexity index is 3570. The number of aromatic hydroxyl groups is 2. The van der Waals surface area contributed by atoms with Gasteiger partial charge < -0.3 is 14.8 Å². The number of fused-ring (bicyclic) bond motifs is 9. The van der Waals surface area contributed by atoms with Crippen LogP contribution in [0.5, 0.6) is 11.5 Å². The molecule has 3 heteroatoms. The molecule has 1 aliphatic rings. The van der Waals surface area contributed by atoms with Crippen LogP contribution in [-0.2, 0) is 5.41 Å². The molecule has 0 aliphatic heterocycles. The van der Waals surface area contributed by atoms with Gasteiger partial charge in [0.2, 0.25) is 0 Å². The first-order valence-electron chi connectivity index (χ1n) is 26.0. The number of nitrogens with zero attached hydrogens (tertiary/aromatic N) is 1. The molecule has 13 rings (SSSR count). The largest absolute Gasteiger partial charge is 0.508 e. The monoisotopic (exact) mass is 964 g/mol. The molecule has 0 saturated heterocycles. The molecule has 0 fully saturated rings. The lowest BCUT2D eigenvalue weighted by Gasteiger charge is -2.33. The van der Waals surface area contributed by atoms with Crippen LogP contribution in [0.1, 0.15) is 86.8 Å². The third kappa shape index (κ3) is 9.94. The van der Waals surface area contributed by atoms with Crippen molar-refractivity contribution in [3.05, 3.63) is 294 Å². The molecule has 0 amide bonds. The number of aromatic nitrogens is 1. The molecule has 1 heterocycles. The molecule has 0 radical (unpaired) electrons. The van der Waals surface area contributed by atoms with Crippen molar-refractivity contribution >= 4 is 43.4 Å². The number of phenolic OH excluding ortho intramolecular Hbond substituents is 2. The maximum Gasteiger partial charge on any atom is 0.115 e. The van der Waals surface area contributed by atoms with Crippen LogP contribution >= 0.6 is 0 Å². The first-order chi connectivity index (χ1) is 36.2. The Labute approximate surface area is 437 Å². The standard InChI is InChI=1S/C26H17N.C25H18O2.2C9H12.C2H6/c1-2-10-19-18(9-1)17-26(21-12-4-3-11-20(19)21)27-24-15-7-5-13-22(24)23-14-6-8-16-25(23)27;26-19-13-9-17(10-14-19)25(18-11-15-20(27)16-12-18)23-7-3-1-5-21(23)22-6-2-4-8-24(22)25;2*1-8(2)9-6-4-3-5-7-9;1-2/h1-17H;1-16,26-27H;2*3-8H,1-2H3;1-2H3. The Morgan fingerprint density at radius 1 is 0.338 bits per heavy atom. The van der Waals surface area contributed by atoms with Crippen LogP contribution in [0.4, 0.5) is 0 Å². The van der Waals surface area contributed by atoms with Crippen LogP contribution in [0.3, 0.4) is 0 Å². The fourth-order valence-electron chi connectivity index (χ4n) is 10.5. The lowest BCUT2D eigenvalue weighted by molar-refractivity contribution is 0.474. The van der Waals surface area contributed by atoms with Crippen molar-refractivity contribution in [1.82, 2.24) is 4.57 Å². The van der Waals surface area contributed by atoms with E-state index in [-0.39, 0.29) is 11.5 Å². The van der Waals surface area contributed by atoms with Crippen molar-refractivity contribution in [1.29, 1.82) is 0 Å². The van der Waals surface area contributed by atoms with Crippen molar-refractivity contribution in [2.45, 2.75) is 58.8 Å². The highest BCUT2D eigenvalue weighted by Gasteiger charge is 2.45. The van der Waals surface area contributed by atoms with Gasteiger partial charge in [-0.1, -0.05) is 260 Å². The summed E-state index contributed by atoms with van der Waals surface area (Å²) < 4.78 is 2.42. The number of benzene rings is 11. The molecular weight excluding hydrogens is 899 g/mol. The van der Waals surface area contributed by atoms with E-state index in [9.17, 15) is 10.2 Å². The van der Waals surface area contributed by atoms with Crippen molar-refractivity contribution in [2.75, 3.05) is 0 Å². The Hall–Kier alpha value is -8.66. The fourth-order valence-corrected chi connectivity index (χ4v) is 10.5. The fraction of sp³-hybridized carbons (Fsp3) is 0.127. The lowest BCUT2D eigenvalue weighted by atomic mass is 9.68. The summed E-state index contributed by atoms with van der Waals surface area (Å²) in [5.41, 5.74) is 13.1. The summed E-state index contributed by atoms with van der Waals surface area (Å²) in [6.45, 7) is 12.8. The maximum atomic E-state index is 9.85. The first-order valence-corrected chi connectivity index (χ1v) is 26.0. The number of rotatable bonds is 5. The molecule has 366 valence electrons. The summed E-state index contributed by atoms with van der Waals surface area (Å²) >= 11 is 0. The summed E-state index contributed by atoms with van der Waals surface area (Å²) in [4.78, 5) is 0. The smallest absolute Gasteiger partial charge is 0.115 e. The van der Waals surface area contributed by atoms with Crippen molar-refractivity contribution in [2.24, 2.45) is 0 Å². The summed E-state index contributed by atoms with van der Waals surface area (Å²) in [5.74, 6) is 1.82. The van der Waals surface area contributed by atoms with Crippen LogP contribution in [0.15, 0.2) is 261 Å². The summed E-state index contributed by atoms with van der Waals surface area (Å²) in [5, 5.41) is 27.4. The van der Waals surface area contributed by atoms with E-state index < -0.39 is 5.41 Å². The van der Waals surface area contributed by atoms with E-state index in [1.165, 1.54) is 82.4 Å². The molecule has 11 aromatic carbocycles. The third-order valence-corrected chi connectivity index (χ3v) is 14.1. The van der Waals surface area contributed by atoms with Crippen molar-refractivity contribution in [3.8, 4) is 28.3 Å². The van der Waals surface area contributed by atoms with Crippen LogP contribution in [0.25, 0.3) is 60.2 Å². The van der Waals surface area contributed by atoms with Gasteiger partial charge in [-0.2, -0.15) is 0 Å². The van der Waals surface area contributed by atoms with E-state index in [2.05, 4.69) is 232 Å². The topological polar surface area (TPSA) is 45.4 Å².